The minimum atomic E-state index is 0.114. The van der Waals surface area contributed by atoms with E-state index < -0.39 is 0 Å². The zero-order valence-electron chi connectivity index (χ0n) is 12.6. The highest BCUT2D eigenvalue weighted by molar-refractivity contribution is 5.95. The Kier molecular flexibility index (Phi) is 3.82. The number of hydrogen-bond donors (Lipinski definition) is 0. The highest BCUT2D eigenvalue weighted by Gasteiger charge is 2.31. The number of benzene rings is 1. The van der Waals surface area contributed by atoms with Crippen molar-refractivity contribution in [3.05, 3.63) is 59.0 Å². The monoisotopic (exact) mass is 283 g/mol. The van der Waals surface area contributed by atoms with Crippen LogP contribution in [0.2, 0.25) is 0 Å². The normalized spacial score (nSPS) is 18.2. The van der Waals surface area contributed by atoms with Crippen molar-refractivity contribution < 1.29 is 9.21 Å². The number of likely N-dealkylation sites (tertiary alicyclic amines) is 1. The van der Waals surface area contributed by atoms with Crippen LogP contribution in [0.1, 0.15) is 40.3 Å². The van der Waals surface area contributed by atoms with Crippen LogP contribution < -0.4 is 0 Å². The standard InChI is InChI=1S/C18H21NO2/c1-13-11-17(14(2)21-13)18(20)19-10-6-9-16(19)12-15-7-4-3-5-8-15/h3-5,7-8,11,16H,6,9-10,12H2,1-2H3. The second kappa shape index (κ2) is 5.76. The number of carbonyl (C=O) groups is 1. The Hall–Kier alpha value is -2.03. The number of nitrogens with zero attached hydrogens (tertiary/aromatic N) is 1. The summed E-state index contributed by atoms with van der Waals surface area (Å²) in [5.74, 6) is 1.64. The van der Waals surface area contributed by atoms with E-state index in [-0.39, 0.29) is 5.91 Å². The molecule has 0 radical (unpaired) electrons. The third-order valence-electron chi connectivity index (χ3n) is 4.22. The van der Waals surface area contributed by atoms with E-state index in [2.05, 4.69) is 24.3 Å². The van der Waals surface area contributed by atoms with Gasteiger partial charge in [0.25, 0.3) is 5.91 Å². The quantitative estimate of drug-likeness (QED) is 0.859. The molecule has 1 saturated heterocycles. The Morgan fingerprint density at radius 1 is 1.29 bits per heavy atom. The second-order valence-corrected chi connectivity index (χ2v) is 5.81. The Morgan fingerprint density at radius 3 is 2.71 bits per heavy atom. The van der Waals surface area contributed by atoms with Crippen molar-refractivity contribution in [3.63, 3.8) is 0 Å². The van der Waals surface area contributed by atoms with Crippen molar-refractivity contribution in [3.8, 4) is 0 Å². The smallest absolute Gasteiger partial charge is 0.257 e. The van der Waals surface area contributed by atoms with Gasteiger partial charge in [-0.2, -0.15) is 0 Å². The van der Waals surface area contributed by atoms with Crippen LogP contribution in [0.4, 0.5) is 0 Å². The Bertz CT molecular complexity index is 630. The number of hydrogen-bond acceptors (Lipinski definition) is 2. The molecule has 3 heteroatoms. The fourth-order valence-electron chi connectivity index (χ4n) is 3.20. The second-order valence-electron chi connectivity index (χ2n) is 5.81. The summed E-state index contributed by atoms with van der Waals surface area (Å²) in [6, 6.07) is 12.6. The van der Waals surface area contributed by atoms with Crippen LogP contribution in [-0.2, 0) is 6.42 Å². The molecule has 3 rings (SSSR count). The van der Waals surface area contributed by atoms with Gasteiger partial charge in [-0.1, -0.05) is 30.3 Å². The predicted octanol–water partition coefficient (Wildman–Crippen LogP) is 3.74. The average molecular weight is 283 g/mol. The van der Waals surface area contributed by atoms with Gasteiger partial charge in [0.2, 0.25) is 0 Å². The lowest BCUT2D eigenvalue weighted by Gasteiger charge is -2.24. The third-order valence-corrected chi connectivity index (χ3v) is 4.22. The summed E-state index contributed by atoms with van der Waals surface area (Å²) in [5, 5.41) is 0. The van der Waals surface area contributed by atoms with Gasteiger partial charge in [0, 0.05) is 12.6 Å². The highest BCUT2D eigenvalue weighted by Crippen LogP contribution is 2.25. The molecule has 3 nitrogen and oxygen atoms in total. The van der Waals surface area contributed by atoms with Gasteiger partial charge in [0.15, 0.2) is 0 Å². The molecule has 1 fully saturated rings. The van der Waals surface area contributed by atoms with Gasteiger partial charge in [0.1, 0.15) is 11.5 Å². The van der Waals surface area contributed by atoms with Gasteiger partial charge < -0.3 is 9.32 Å². The molecular formula is C18H21NO2. The van der Waals surface area contributed by atoms with E-state index in [0.29, 0.717) is 11.6 Å². The van der Waals surface area contributed by atoms with E-state index in [0.717, 1.165) is 37.3 Å². The molecule has 1 aromatic carbocycles. The fraction of sp³-hybridized carbons (Fsp3) is 0.389. The molecule has 110 valence electrons. The van der Waals surface area contributed by atoms with Gasteiger partial charge in [0.05, 0.1) is 5.56 Å². The number of furan rings is 1. The maximum atomic E-state index is 12.7. The summed E-state index contributed by atoms with van der Waals surface area (Å²) in [7, 11) is 0. The lowest BCUT2D eigenvalue weighted by Crippen LogP contribution is -2.36. The number of aryl methyl sites for hydroxylation is 2. The summed E-state index contributed by atoms with van der Waals surface area (Å²) in [4.78, 5) is 14.8. The molecule has 2 heterocycles. The zero-order valence-corrected chi connectivity index (χ0v) is 12.6. The number of amides is 1. The summed E-state index contributed by atoms with van der Waals surface area (Å²) >= 11 is 0. The van der Waals surface area contributed by atoms with Crippen molar-refractivity contribution >= 4 is 5.91 Å². The molecule has 1 unspecified atom stereocenters. The van der Waals surface area contributed by atoms with Gasteiger partial charge in [-0.05, 0) is 44.7 Å². The minimum Gasteiger partial charge on any atom is -0.466 e. The third kappa shape index (κ3) is 2.87. The first kappa shape index (κ1) is 13.9. The van der Waals surface area contributed by atoms with Crippen LogP contribution in [0.3, 0.4) is 0 Å². The van der Waals surface area contributed by atoms with Crippen LogP contribution in [0.5, 0.6) is 0 Å². The van der Waals surface area contributed by atoms with Crippen LogP contribution >= 0.6 is 0 Å². The molecule has 0 saturated carbocycles. The number of rotatable bonds is 3. The van der Waals surface area contributed by atoms with Gasteiger partial charge in [-0.3, -0.25) is 4.79 Å². The van der Waals surface area contributed by atoms with Crippen LogP contribution in [0.15, 0.2) is 40.8 Å². The van der Waals surface area contributed by atoms with E-state index in [9.17, 15) is 4.79 Å². The maximum absolute atomic E-state index is 12.7. The average Bonchev–Trinajstić information content (AvgIpc) is 3.06. The summed E-state index contributed by atoms with van der Waals surface area (Å²) < 4.78 is 5.50. The molecule has 1 aliphatic heterocycles. The summed E-state index contributed by atoms with van der Waals surface area (Å²) in [6.45, 7) is 4.59. The SMILES string of the molecule is Cc1cc(C(=O)N2CCCC2Cc2ccccc2)c(C)o1. The zero-order chi connectivity index (χ0) is 14.8. The van der Waals surface area contributed by atoms with E-state index in [1.54, 1.807) is 0 Å². The number of carbonyl (C=O) groups excluding carboxylic acids is 1. The van der Waals surface area contributed by atoms with Crippen LogP contribution in [-0.4, -0.2) is 23.4 Å². The van der Waals surface area contributed by atoms with Gasteiger partial charge >= 0.3 is 0 Å². The molecule has 2 aromatic rings. The Morgan fingerprint density at radius 2 is 2.05 bits per heavy atom. The topological polar surface area (TPSA) is 33.5 Å². The van der Waals surface area contributed by atoms with E-state index in [4.69, 9.17) is 4.42 Å². The fourth-order valence-corrected chi connectivity index (χ4v) is 3.20. The van der Waals surface area contributed by atoms with Gasteiger partial charge in [-0.25, -0.2) is 0 Å². The molecule has 1 atom stereocenters. The van der Waals surface area contributed by atoms with E-state index in [1.165, 1.54) is 5.56 Å². The van der Waals surface area contributed by atoms with Crippen LogP contribution in [0.25, 0.3) is 0 Å². The van der Waals surface area contributed by atoms with Crippen molar-refractivity contribution in [1.29, 1.82) is 0 Å². The molecule has 1 amide bonds. The first-order valence-electron chi connectivity index (χ1n) is 7.57. The van der Waals surface area contributed by atoms with Crippen molar-refractivity contribution in [2.45, 2.75) is 39.2 Å². The van der Waals surface area contributed by atoms with Crippen molar-refractivity contribution in [1.82, 2.24) is 4.90 Å². The Labute approximate surface area is 125 Å². The molecular weight excluding hydrogens is 262 g/mol. The van der Waals surface area contributed by atoms with Crippen molar-refractivity contribution in [2.75, 3.05) is 6.54 Å². The summed E-state index contributed by atoms with van der Waals surface area (Å²) in [6.07, 6.45) is 3.10. The van der Waals surface area contributed by atoms with Crippen LogP contribution in [0, 0.1) is 13.8 Å². The van der Waals surface area contributed by atoms with E-state index >= 15 is 0 Å². The molecule has 1 aliphatic rings. The molecule has 0 aliphatic carbocycles. The molecule has 0 bridgehead atoms. The molecule has 0 spiro atoms. The summed E-state index contributed by atoms with van der Waals surface area (Å²) in [5.41, 5.74) is 2.01. The predicted molar refractivity (Wildman–Crippen MR) is 82.4 cm³/mol. The molecule has 21 heavy (non-hydrogen) atoms. The first-order valence-corrected chi connectivity index (χ1v) is 7.57. The maximum Gasteiger partial charge on any atom is 0.257 e. The molecule has 1 aromatic heterocycles. The van der Waals surface area contributed by atoms with E-state index in [1.807, 2.05) is 30.9 Å². The van der Waals surface area contributed by atoms with Crippen molar-refractivity contribution in [2.24, 2.45) is 0 Å². The van der Waals surface area contributed by atoms with Gasteiger partial charge in [-0.15, -0.1) is 0 Å². The largest absolute Gasteiger partial charge is 0.466 e. The molecule has 0 N–H and O–H groups in total. The lowest BCUT2D eigenvalue weighted by molar-refractivity contribution is 0.0734. The first-order chi connectivity index (χ1) is 10.1. The lowest BCUT2D eigenvalue weighted by atomic mass is 10.0. The Balaban J connectivity index is 1.77. The minimum absolute atomic E-state index is 0.114. The highest BCUT2D eigenvalue weighted by atomic mass is 16.3.